The van der Waals surface area contributed by atoms with Gasteiger partial charge in [0.25, 0.3) is 5.91 Å². The van der Waals surface area contributed by atoms with Crippen LogP contribution in [0.3, 0.4) is 0 Å². The SMILES string of the molecule is C=CCOc1ccccc1[C@H]1Nc2ccccc2C(=O)N1c1ccc(OC)cc1. The van der Waals surface area contributed by atoms with Crippen molar-refractivity contribution in [3.63, 3.8) is 0 Å². The van der Waals surface area contributed by atoms with Gasteiger partial charge in [-0.3, -0.25) is 9.69 Å². The molecule has 0 aliphatic carbocycles. The summed E-state index contributed by atoms with van der Waals surface area (Å²) in [6.07, 6.45) is 1.28. The van der Waals surface area contributed by atoms with Crippen molar-refractivity contribution in [1.82, 2.24) is 0 Å². The zero-order valence-electron chi connectivity index (χ0n) is 16.2. The van der Waals surface area contributed by atoms with Gasteiger partial charge in [0.05, 0.1) is 12.7 Å². The third kappa shape index (κ3) is 3.55. The number of rotatable bonds is 6. The van der Waals surface area contributed by atoms with E-state index in [1.54, 1.807) is 18.1 Å². The molecule has 1 N–H and O–H groups in total. The first-order valence-corrected chi connectivity index (χ1v) is 9.38. The van der Waals surface area contributed by atoms with Gasteiger partial charge in [0.1, 0.15) is 24.3 Å². The van der Waals surface area contributed by atoms with Crippen molar-refractivity contribution in [1.29, 1.82) is 0 Å². The van der Waals surface area contributed by atoms with Crippen molar-refractivity contribution in [2.75, 3.05) is 23.9 Å². The second kappa shape index (κ2) is 8.10. The lowest BCUT2D eigenvalue weighted by atomic mass is 10.0. The highest BCUT2D eigenvalue weighted by Crippen LogP contribution is 2.39. The van der Waals surface area contributed by atoms with Gasteiger partial charge in [0, 0.05) is 16.9 Å². The van der Waals surface area contributed by atoms with Crippen molar-refractivity contribution in [2.45, 2.75) is 6.17 Å². The van der Waals surface area contributed by atoms with Crippen LogP contribution in [0.4, 0.5) is 11.4 Å². The molecule has 3 aromatic rings. The summed E-state index contributed by atoms with van der Waals surface area (Å²) >= 11 is 0. The maximum atomic E-state index is 13.5. The number of hydrogen-bond acceptors (Lipinski definition) is 4. The van der Waals surface area contributed by atoms with E-state index in [1.807, 2.05) is 72.8 Å². The summed E-state index contributed by atoms with van der Waals surface area (Å²) in [7, 11) is 1.62. The maximum Gasteiger partial charge on any atom is 0.262 e. The van der Waals surface area contributed by atoms with E-state index in [1.165, 1.54) is 0 Å². The normalized spacial score (nSPS) is 15.3. The number of carbonyl (C=O) groups excluding carboxylic acids is 1. The van der Waals surface area contributed by atoms with E-state index in [2.05, 4.69) is 11.9 Å². The van der Waals surface area contributed by atoms with E-state index < -0.39 is 6.17 Å². The number of benzene rings is 3. The number of fused-ring (bicyclic) bond motifs is 1. The third-order valence-electron chi connectivity index (χ3n) is 4.85. The zero-order chi connectivity index (χ0) is 20.2. The molecule has 1 aliphatic rings. The van der Waals surface area contributed by atoms with Crippen LogP contribution in [-0.4, -0.2) is 19.6 Å². The van der Waals surface area contributed by atoms with Crippen molar-refractivity contribution in [3.05, 3.63) is 96.6 Å². The molecule has 0 radical (unpaired) electrons. The monoisotopic (exact) mass is 386 g/mol. The highest BCUT2D eigenvalue weighted by molar-refractivity contribution is 6.12. The van der Waals surface area contributed by atoms with Crippen LogP contribution in [0.2, 0.25) is 0 Å². The summed E-state index contributed by atoms with van der Waals surface area (Å²) in [4.78, 5) is 15.2. The number of nitrogens with zero attached hydrogens (tertiary/aromatic N) is 1. The van der Waals surface area contributed by atoms with Gasteiger partial charge < -0.3 is 14.8 Å². The first-order chi connectivity index (χ1) is 14.2. The second-order valence-corrected chi connectivity index (χ2v) is 6.60. The number of ether oxygens (including phenoxy) is 2. The molecule has 1 atom stereocenters. The lowest BCUT2D eigenvalue weighted by Gasteiger charge is -2.38. The van der Waals surface area contributed by atoms with Crippen LogP contribution in [-0.2, 0) is 0 Å². The van der Waals surface area contributed by atoms with Gasteiger partial charge in [-0.2, -0.15) is 0 Å². The van der Waals surface area contributed by atoms with Crippen molar-refractivity contribution >= 4 is 17.3 Å². The Hall–Kier alpha value is -3.73. The molecule has 0 bridgehead atoms. The summed E-state index contributed by atoms with van der Waals surface area (Å²) in [5.41, 5.74) is 3.06. The fourth-order valence-corrected chi connectivity index (χ4v) is 3.47. The predicted molar refractivity (Wildman–Crippen MR) is 115 cm³/mol. The van der Waals surface area contributed by atoms with Gasteiger partial charge in [-0.05, 0) is 42.5 Å². The molecule has 1 heterocycles. The molecule has 4 rings (SSSR count). The van der Waals surface area contributed by atoms with Gasteiger partial charge >= 0.3 is 0 Å². The molecule has 3 aromatic carbocycles. The highest BCUT2D eigenvalue weighted by Gasteiger charge is 2.35. The van der Waals surface area contributed by atoms with Crippen LogP contribution >= 0.6 is 0 Å². The average Bonchev–Trinajstić information content (AvgIpc) is 2.78. The Morgan fingerprint density at radius 2 is 1.76 bits per heavy atom. The average molecular weight is 386 g/mol. The first-order valence-electron chi connectivity index (χ1n) is 9.38. The smallest absolute Gasteiger partial charge is 0.262 e. The van der Waals surface area contributed by atoms with E-state index in [-0.39, 0.29) is 5.91 Å². The number of amides is 1. The van der Waals surface area contributed by atoms with Crippen LogP contribution in [0, 0.1) is 0 Å². The molecule has 1 aliphatic heterocycles. The molecular weight excluding hydrogens is 364 g/mol. The molecule has 0 fully saturated rings. The van der Waals surface area contributed by atoms with Gasteiger partial charge in [0.15, 0.2) is 0 Å². The fraction of sp³-hybridized carbons (Fsp3) is 0.125. The summed E-state index contributed by atoms with van der Waals surface area (Å²) in [6, 6.07) is 22.7. The minimum Gasteiger partial charge on any atom is -0.497 e. The van der Waals surface area contributed by atoms with Crippen molar-refractivity contribution in [3.8, 4) is 11.5 Å². The number of hydrogen-bond donors (Lipinski definition) is 1. The van der Waals surface area contributed by atoms with E-state index in [0.717, 1.165) is 22.7 Å². The summed E-state index contributed by atoms with van der Waals surface area (Å²) in [6.45, 7) is 4.11. The summed E-state index contributed by atoms with van der Waals surface area (Å²) in [5, 5.41) is 3.51. The molecule has 146 valence electrons. The van der Waals surface area contributed by atoms with Gasteiger partial charge in [-0.25, -0.2) is 0 Å². The summed E-state index contributed by atoms with van der Waals surface area (Å²) in [5.74, 6) is 1.36. The number of carbonyl (C=O) groups is 1. The Labute approximate surface area is 170 Å². The fourth-order valence-electron chi connectivity index (χ4n) is 3.47. The molecule has 0 unspecified atom stereocenters. The molecule has 0 spiro atoms. The number of anilines is 2. The molecular formula is C24H22N2O3. The van der Waals surface area contributed by atoms with Crippen LogP contribution in [0.25, 0.3) is 0 Å². The third-order valence-corrected chi connectivity index (χ3v) is 4.85. The summed E-state index contributed by atoms with van der Waals surface area (Å²) < 4.78 is 11.1. The largest absolute Gasteiger partial charge is 0.497 e. The second-order valence-electron chi connectivity index (χ2n) is 6.60. The van der Waals surface area contributed by atoms with Crippen LogP contribution in [0.15, 0.2) is 85.5 Å². The van der Waals surface area contributed by atoms with Gasteiger partial charge in [0.2, 0.25) is 0 Å². The van der Waals surface area contributed by atoms with E-state index in [4.69, 9.17) is 9.47 Å². The topological polar surface area (TPSA) is 50.8 Å². The Kier molecular flexibility index (Phi) is 5.20. The molecule has 29 heavy (non-hydrogen) atoms. The molecule has 0 saturated heterocycles. The standard InChI is InChI=1S/C24H22N2O3/c1-3-16-29-22-11-7-5-9-20(22)23-25-21-10-6-4-8-19(21)24(27)26(23)17-12-14-18(28-2)15-13-17/h3-15,23,25H,1,16H2,2H3/t23-/m0/s1. The maximum absolute atomic E-state index is 13.5. The Morgan fingerprint density at radius 3 is 2.52 bits per heavy atom. The zero-order valence-corrected chi connectivity index (χ0v) is 16.2. The number of nitrogens with one attached hydrogen (secondary N) is 1. The lowest BCUT2D eigenvalue weighted by molar-refractivity contribution is 0.0974. The molecule has 5 heteroatoms. The highest BCUT2D eigenvalue weighted by atomic mass is 16.5. The van der Waals surface area contributed by atoms with Crippen LogP contribution in [0.1, 0.15) is 22.1 Å². The molecule has 0 saturated carbocycles. The van der Waals surface area contributed by atoms with E-state index in [0.29, 0.717) is 17.9 Å². The van der Waals surface area contributed by atoms with Crippen molar-refractivity contribution in [2.24, 2.45) is 0 Å². The minimum absolute atomic E-state index is 0.0759. The van der Waals surface area contributed by atoms with Crippen LogP contribution in [0.5, 0.6) is 11.5 Å². The molecule has 0 aromatic heterocycles. The van der Waals surface area contributed by atoms with Gasteiger partial charge in [-0.1, -0.05) is 43.0 Å². The van der Waals surface area contributed by atoms with Gasteiger partial charge in [-0.15, -0.1) is 0 Å². The number of para-hydroxylation sites is 2. The Bertz CT molecular complexity index is 1030. The van der Waals surface area contributed by atoms with E-state index >= 15 is 0 Å². The first kappa shape index (κ1) is 18.6. The molecule has 1 amide bonds. The Balaban J connectivity index is 1.83. The number of methoxy groups -OCH3 is 1. The quantitative estimate of drug-likeness (QED) is 0.604. The lowest BCUT2D eigenvalue weighted by Crippen LogP contribution is -2.43. The van der Waals surface area contributed by atoms with Crippen LogP contribution < -0.4 is 19.7 Å². The Morgan fingerprint density at radius 1 is 1.03 bits per heavy atom. The molecule has 5 nitrogen and oxygen atoms in total. The minimum atomic E-state index is -0.424. The predicted octanol–water partition coefficient (Wildman–Crippen LogP) is 5.03. The van der Waals surface area contributed by atoms with Crippen molar-refractivity contribution < 1.29 is 14.3 Å². The van der Waals surface area contributed by atoms with E-state index in [9.17, 15) is 4.79 Å².